The van der Waals surface area contributed by atoms with Crippen molar-refractivity contribution in [2.24, 2.45) is 17.1 Å². The van der Waals surface area contributed by atoms with Gasteiger partial charge in [0.05, 0.1) is 30.2 Å². The van der Waals surface area contributed by atoms with Gasteiger partial charge in [-0.25, -0.2) is 0 Å². The molecule has 1 saturated heterocycles. The Hall–Kier alpha value is -1.53. The van der Waals surface area contributed by atoms with Crippen molar-refractivity contribution >= 4 is 5.91 Å². The van der Waals surface area contributed by atoms with Gasteiger partial charge in [-0.3, -0.25) is 14.8 Å². The maximum atomic E-state index is 12.6. The molecule has 1 aliphatic heterocycles. The number of nitrogens with two attached hydrogens (primary N) is 1. The highest BCUT2D eigenvalue weighted by Crippen LogP contribution is 2.58. The van der Waals surface area contributed by atoms with Gasteiger partial charge >= 0.3 is 0 Å². The van der Waals surface area contributed by atoms with E-state index in [4.69, 9.17) is 10.5 Å². The molecule has 1 saturated carbocycles. The number of hydrogen-bond acceptors (Lipinski definition) is 5. The van der Waals surface area contributed by atoms with Crippen LogP contribution in [-0.2, 0) is 16.1 Å². The summed E-state index contributed by atoms with van der Waals surface area (Å²) in [4.78, 5) is 21.0. The van der Waals surface area contributed by atoms with Crippen molar-refractivity contribution in [3.05, 3.63) is 23.8 Å². The van der Waals surface area contributed by atoms with E-state index < -0.39 is 5.54 Å². The van der Waals surface area contributed by atoms with Crippen molar-refractivity contribution in [3.63, 3.8) is 0 Å². The van der Waals surface area contributed by atoms with Gasteiger partial charge in [0.2, 0.25) is 5.91 Å². The van der Waals surface area contributed by atoms with Crippen LogP contribution in [0.1, 0.15) is 31.7 Å². The highest BCUT2D eigenvalue weighted by atomic mass is 16.5. The smallest absolute Gasteiger partial charge is 0.241 e. The number of amides is 1. The van der Waals surface area contributed by atoms with E-state index in [1.54, 1.807) is 12.4 Å². The summed E-state index contributed by atoms with van der Waals surface area (Å²) in [5, 5.41) is 2.91. The molecule has 3 rings (SSSR count). The third-order valence-electron chi connectivity index (χ3n) is 5.09. The van der Waals surface area contributed by atoms with Crippen LogP contribution < -0.4 is 11.1 Å². The molecule has 6 nitrogen and oxygen atoms in total. The SMILES string of the molecule is Cc1cnc(CNC(=O)C2(N)C3CCOC3C2(C)C)cn1. The number of aryl methyl sites for hydroxylation is 1. The van der Waals surface area contributed by atoms with Gasteiger partial charge in [0.25, 0.3) is 0 Å². The Kier molecular flexibility index (Phi) is 3.26. The fraction of sp³-hybridized carbons (Fsp3) is 0.667. The first-order valence-corrected chi connectivity index (χ1v) is 7.33. The first kappa shape index (κ1) is 14.4. The Morgan fingerprint density at radius 3 is 2.90 bits per heavy atom. The Morgan fingerprint density at radius 2 is 2.24 bits per heavy atom. The molecule has 3 unspecified atom stereocenters. The maximum absolute atomic E-state index is 12.6. The van der Waals surface area contributed by atoms with Crippen LogP contribution in [-0.4, -0.2) is 34.1 Å². The van der Waals surface area contributed by atoms with Crippen molar-refractivity contribution in [3.8, 4) is 0 Å². The highest BCUT2D eigenvalue weighted by molar-refractivity contribution is 5.89. The summed E-state index contributed by atoms with van der Waals surface area (Å²) in [6, 6.07) is 0. The minimum absolute atomic E-state index is 0.0902. The molecular formula is C15H22N4O2. The summed E-state index contributed by atoms with van der Waals surface area (Å²) in [7, 11) is 0. The van der Waals surface area contributed by atoms with Gasteiger partial charge in [-0.15, -0.1) is 0 Å². The van der Waals surface area contributed by atoms with Crippen molar-refractivity contribution in [1.82, 2.24) is 15.3 Å². The molecule has 3 N–H and O–H groups in total. The summed E-state index contributed by atoms with van der Waals surface area (Å²) in [6.07, 6.45) is 4.30. The van der Waals surface area contributed by atoms with E-state index in [1.165, 1.54) is 0 Å². The van der Waals surface area contributed by atoms with E-state index in [2.05, 4.69) is 15.3 Å². The molecule has 1 aromatic rings. The topological polar surface area (TPSA) is 90.1 Å². The third-order valence-corrected chi connectivity index (χ3v) is 5.09. The molecule has 2 fully saturated rings. The molecule has 0 spiro atoms. The van der Waals surface area contributed by atoms with Crippen molar-refractivity contribution < 1.29 is 9.53 Å². The fourth-order valence-electron chi connectivity index (χ4n) is 3.67. The largest absolute Gasteiger partial charge is 0.377 e. The lowest BCUT2D eigenvalue weighted by Gasteiger charge is -2.60. The summed E-state index contributed by atoms with van der Waals surface area (Å²) in [5.41, 5.74) is 6.83. The lowest BCUT2D eigenvalue weighted by Crippen LogP contribution is -2.80. The number of carbonyl (C=O) groups excluding carboxylic acids is 1. The van der Waals surface area contributed by atoms with Gasteiger partial charge in [-0.2, -0.15) is 0 Å². The average Bonchev–Trinajstić information content (AvgIpc) is 2.93. The molecule has 0 bridgehead atoms. The third kappa shape index (κ3) is 1.97. The van der Waals surface area contributed by atoms with E-state index in [1.807, 2.05) is 20.8 Å². The zero-order chi connectivity index (χ0) is 15.3. The quantitative estimate of drug-likeness (QED) is 0.848. The lowest BCUT2D eigenvalue weighted by molar-refractivity contribution is -0.175. The first-order valence-electron chi connectivity index (χ1n) is 7.33. The van der Waals surface area contributed by atoms with Gasteiger partial charge in [0, 0.05) is 24.1 Å². The van der Waals surface area contributed by atoms with Crippen molar-refractivity contribution in [1.29, 1.82) is 0 Å². The predicted octanol–water partition coefficient (Wildman–Crippen LogP) is 0.544. The van der Waals surface area contributed by atoms with E-state index >= 15 is 0 Å². The van der Waals surface area contributed by atoms with E-state index in [9.17, 15) is 4.79 Å². The number of fused-ring (bicyclic) bond motifs is 1. The Balaban J connectivity index is 1.69. The van der Waals surface area contributed by atoms with Crippen LogP contribution in [0.5, 0.6) is 0 Å². The first-order chi connectivity index (χ1) is 9.87. The number of hydrogen-bond donors (Lipinski definition) is 2. The van der Waals surface area contributed by atoms with Crippen LogP contribution >= 0.6 is 0 Å². The fourth-order valence-corrected chi connectivity index (χ4v) is 3.67. The monoisotopic (exact) mass is 290 g/mol. The molecule has 2 aliphatic rings. The summed E-state index contributed by atoms with van der Waals surface area (Å²) in [6.45, 7) is 6.92. The molecule has 1 amide bonds. The predicted molar refractivity (Wildman–Crippen MR) is 77.2 cm³/mol. The van der Waals surface area contributed by atoms with Crippen molar-refractivity contribution in [2.75, 3.05) is 6.61 Å². The summed E-state index contributed by atoms with van der Waals surface area (Å²) < 4.78 is 5.71. The van der Waals surface area contributed by atoms with Crippen LogP contribution in [0, 0.1) is 18.3 Å². The maximum Gasteiger partial charge on any atom is 0.241 e. The number of carbonyl (C=O) groups is 1. The Morgan fingerprint density at radius 1 is 1.48 bits per heavy atom. The molecule has 3 atom stereocenters. The van der Waals surface area contributed by atoms with E-state index in [0.717, 1.165) is 17.8 Å². The summed E-state index contributed by atoms with van der Waals surface area (Å²) in [5.74, 6) is -0.0155. The van der Waals surface area contributed by atoms with Gasteiger partial charge in [-0.1, -0.05) is 13.8 Å². The molecule has 2 heterocycles. The number of nitrogens with zero attached hydrogens (tertiary/aromatic N) is 2. The molecular weight excluding hydrogens is 268 g/mol. The van der Waals surface area contributed by atoms with Gasteiger partial charge in [-0.05, 0) is 13.3 Å². The lowest BCUT2D eigenvalue weighted by atomic mass is 9.48. The van der Waals surface area contributed by atoms with Gasteiger partial charge in [0.15, 0.2) is 0 Å². The average molecular weight is 290 g/mol. The minimum atomic E-state index is -0.869. The Bertz CT molecular complexity index is 557. The normalized spacial score (nSPS) is 33.1. The molecule has 21 heavy (non-hydrogen) atoms. The van der Waals surface area contributed by atoms with Gasteiger partial charge in [0.1, 0.15) is 5.54 Å². The summed E-state index contributed by atoms with van der Waals surface area (Å²) >= 11 is 0. The van der Waals surface area contributed by atoms with Crippen LogP contribution in [0.25, 0.3) is 0 Å². The standard InChI is InChI=1S/C15H22N4O2/c1-9-6-18-10(7-17-9)8-19-13(20)15(16)11-4-5-21-12(11)14(15,2)3/h6-7,11-12H,4-5,8,16H2,1-3H3,(H,19,20). The van der Waals surface area contributed by atoms with Crippen LogP contribution in [0.15, 0.2) is 12.4 Å². The molecule has 114 valence electrons. The van der Waals surface area contributed by atoms with Gasteiger partial charge < -0.3 is 15.8 Å². The zero-order valence-corrected chi connectivity index (χ0v) is 12.7. The second-order valence-electron chi connectivity index (χ2n) is 6.61. The zero-order valence-electron chi connectivity index (χ0n) is 12.7. The highest BCUT2D eigenvalue weighted by Gasteiger charge is 2.71. The van der Waals surface area contributed by atoms with E-state index in [0.29, 0.717) is 13.2 Å². The molecule has 1 aliphatic carbocycles. The second kappa shape index (κ2) is 4.74. The van der Waals surface area contributed by atoms with Crippen LogP contribution in [0.4, 0.5) is 0 Å². The number of rotatable bonds is 3. The number of ether oxygens (including phenoxy) is 1. The minimum Gasteiger partial charge on any atom is -0.377 e. The van der Waals surface area contributed by atoms with E-state index in [-0.39, 0.29) is 23.3 Å². The number of nitrogens with one attached hydrogen (secondary N) is 1. The van der Waals surface area contributed by atoms with Crippen LogP contribution in [0.3, 0.4) is 0 Å². The molecule has 0 radical (unpaired) electrons. The molecule has 6 heteroatoms. The Labute approximate surface area is 124 Å². The molecule has 0 aromatic carbocycles. The second-order valence-corrected chi connectivity index (χ2v) is 6.61. The molecule has 1 aromatic heterocycles. The van der Waals surface area contributed by atoms with Crippen molar-refractivity contribution in [2.45, 2.75) is 45.4 Å². The number of aromatic nitrogens is 2. The van der Waals surface area contributed by atoms with Crippen LogP contribution in [0.2, 0.25) is 0 Å².